The summed E-state index contributed by atoms with van der Waals surface area (Å²) < 4.78 is 15.8. The van der Waals surface area contributed by atoms with Crippen LogP contribution in [0.4, 0.5) is 4.39 Å². The Kier molecular flexibility index (Phi) is 2.59. The monoisotopic (exact) mass is 261 g/mol. The van der Waals surface area contributed by atoms with Gasteiger partial charge in [0, 0.05) is 12.1 Å². The molecular formula is C14H16FN3O. The van der Waals surface area contributed by atoms with Crippen LogP contribution in [-0.4, -0.2) is 15.8 Å². The Bertz CT molecular complexity index is 643. The minimum atomic E-state index is -0.633. The molecule has 1 aliphatic carbocycles. The van der Waals surface area contributed by atoms with Crippen LogP contribution in [0, 0.1) is 5.82 Å². The Morgan fingerprint density at radius 3 is 2.89 bits per heavy atom. The molecule has 1 N–H and O–H groups in total. The zero-order valence-corrected chi connectivity index (χ0v) is 11.0. The lowest BCUT2D eigenvalue weighted by Crippen LogP contribution is -2.37. The van der Waals surface area contributed by atoms with Gasteiger partial charge in [-0.3, -0.25) is 9.20 Å². The Hall–Kier alpha value is -1.91. The summed E-state index contributed by atoms with van der Waals surface area (Å²) in [4.78, 5) is 15.3. The predicted molar refractivity (Wildman–Crippen MR) is 69.4 cm³/mol. The van der Waals surface area contributed by atoms with E-state index in [-0.39, 0.29) is 5.82 Å². The summed E-state index contributed by atoms with van der Waals surface area (Å²) in [6, 6.07) is 3.11. The Morgan fingerprint density at radius 1 is 1.53 bits per heavy atom. The number of imidazole rings is 1. The van der Waals surface area contributed by atoms with Crippen molar-refractivity contribution in [1.29, 1.82) is 0 Å². The minimum Gasteiger partial charge on any atom is -0.347 e. The van der Waals surface area contributed by atoms with Gasteiger partial charge in [-0.25, -0.2) is 9.37 Å². The number of carbonyl (C=O) groups is 1. The first-order valence-electron chi connectivity index (χ1n) is 6.43. The molecule has 1 amide bonds. The van der Waals surface area contributed by atoms with Crippen molar-refractivity contribution < 1.29 is 9.18 Å². The summed E-state index contributed by atoms with van der Waals surface area (Å²) in [5.41, 5.74) is 0.723. The second-order valence-electron chi connectivity index (χ2n) is 5.56. The molecule has 3 rings (SSSR count). The summed E-state index contributed by atoms with van der Waals surface area (Å²) >= 11 is 0. The molecule has 100 valence electrons. The first kappa shape index (κ1) is 12.1. The highest BCUT2D eigenvalue weighted by Gasteiger charge is 2.34. The quantitative estimate of drug-likeness (QED) is 0.859. The number of nitrogens with one attached hydrogen (secondary N) is 1. The van der Waals surface area contributed by atoms with E-state index < -0.39 is 5.54 Å². The third-order valence-electron chi connectivity index (χ3n) is 3.58. The minimum absolute atomic E-state index is 0.259. The number of halogens is 1. The van der Waals surface area contributed by atoms with E-state index in [1.807, 2.05) is 13.8 Å². The molecule has 0 unspecified atom stereocenters. The Morgan fingerprint density at radius 2 is 2.26 bits per heavy atom. The summed E-state index contributed by atoms with van der Waals surface area (Å²) in [6.07, 6.45) is 4.56. The summed E-state index contributed by atoms with van der Waals surface area (Å²) in [5.74, 6) is 0.758. The van der Waals surface area contributed by atoms with Gasteiger partial charge in [0.2, 0.25) is 6.41 Å². The van der Waals surface area contributed by atoms with Crippen molar-refractivity contribution in [3.8, 4) is 0 Å². The van der Waals surface area contributed by atoms with Crippen LogP contribution in [0.25, 0.3) is 5.52 Å². The largest absolute Gasteiger partial charge is 0.347 e. The SMILES string of the molecule is CC(C)(NC=O)c1nc(C2CC2)c2c(F)cccn12. The van der Waals surface area contributed by atoms with E-state index in [1.165, 1.54) is 6.07 Å². The van der Waals surface area contributed by atoms with Gasteiger partial charge in [0.15, 0.2) is 0 Å². The molecule has 0 aliphatic heterocycles. The lowest BCUT2D eigenvalue weighted by Gasteiger charge is -2.22. The number of fused-ring (bicyclic) bond motifs is 1. The fraction of sp³-hybridized carbons (Fsp3) is 0.429. The number of carbonyl (C=O) groups excluding carboxylic acids is 1. The van der Waals surface area contributed by atoms with E-state index in [4.69, 9.17) is 0 Å². The molecule has 0 spiro atoms. The Balaban J connectivity index is 2.25. The average molecular weight is 261 g/mol. The number of hydrogen-bond donors (Lipinski definition) is 1. The van der Waals surface area contributed by atoms with Crippen molar-refractivity contribution in [1.82, 2.24) is 14.7 Å². The molecule has 4 nitrogen and oxygen atoms in total. The van der Waals surface area contributed by atoms with Gasteiger partial charge in [-0.1, -0.05) is 0 Å². The molecule has 0 aromatic carbocycles. The normalized spacial score (nSPS) is 15.7. The molecule has 5 heteroatoms. The van der Waals surface area contributed by atoms with Crippen molar-refractivity contribution in [2.75, 3.05) is 0 Å². The molecule has 0 saturated heterocycles. The fourth-order valence-electron chi connectivity index (χ4n) is 2.42. The maximum absolute atomic E-state index is 14.1. The van der Waals surface area contributed by atoms with E-state index in [2.05, 4.69) is 10.3 Å². The van der Waals surface area contributed by atoms with E-state index in [0.717, 1.165) is 18.5 Å². The average Bonchev–Trinajstić information content (AvgIpc) is 3.10. The maximum atomic E-state index is 14.1. The molecule has 19 heavy (non-hydrogen) atoms. The van der Waals surface area contributed by atoms with Crippen LogP contribution < -0.4 is 5.32 Å². The van der Waals surface area contributed by atoms with E-state index in [9.17, 15) is 9.18 Å². The second-order valence-corrected chi connectivity index (χ2v) is 5.56. The highest BCUT2D eigenvalue weighted by molar-refractivity contribution is 5.58. The van der Waals surface area contributed by atoms with Gasteiger partial charge >= 0.3 is 0 Å². The maximum Gasteiger partial charge on any atom is 0.207 e. The standard InChI is InChI=1S/C14H16FN3O/c1-14(2,16-8-19)13-17-11(9-5-6-9)12-10(15)4-3-7-18(12)13/h3-4,7-9H,5-6H2,1-2H3,(H,16,19). The number of amides is 1. The van der Waals surface area contributed by atoms with Gasteiger partial charge in [-0.05, 0) is 38.8 Å². The van der Waals surface area contributed by atoms with Crippen molar-refractivity contribution in [2.45, 2.75) is 38.1 Å². The molecule has 2 aromatic rings. The van der Waals surface area contributed by atoms with Crippen LogP contribution in [0.2, 0.25) is 0 Å². The molecule has 0 radical (unpaired) electrons. The van der Waals surface area contributed by atoms with Gasteiger partial charge in [-0.15, -0.1) is 0 Å². The third kappa shape index (κ3) is 1.89. The van der Waals surface area contributed by atoms with Gasteiger partial charge in [0.1, 0.15) is 17.2 Å². The Labute approximate surface area is 110 Å². The lowest BCUT2D eigenvalue weighted by molar-refractivity contribution is -0.111. The number of nitrogens with zero attached hydrogens (tertiary/aromatic N) is 2. The summed E-state index contributed by atoms with van der Waals surface area (Å²) in [6.45, 7) is 3.72. The zero-order valence-electron chi connectivity index (χ0n) is 11.0. The van der Waals surface area contributed by atoms with Crippen molar-refractivity contribution in [3.05, 3.63) is 35.7 Å². The second kappa shape index (κ2) is 4.05. The van der Waals surface area contributed by atoms with Crippen LogP contribution in [-0.2, 0) is 10.3 Å². The molecule has 1 aliphatic rings. The smallest absolute Gasteiger partial charge is 0.207 e. The molecule has 2 aromatic heterocycles. The van der Waals surface area contributed by atoms with Gasteiger partial charge in [0.25, 0.3) is 0 Å². The first-order chi connectivity index (χ1) is 9.04. The summed E-state index contributed by atoms with van der Waals surface area (Å²) in [7, 11) is 0. The number of pyridine rings is 1. The number of aromatic nitrogens is 2. The summed E-state index contributed by atoms with van der Waals surface area (Å²) in [5, 5.41) is 2.74. The highest BCUT2D eigenvalue weighted by Crippen LogP contribution is 2.42. The molecular weight excluding hydrogens is 245 g/mol. The van der Waals surface area contributed by atoms with Gasteiger partial charge in [-0.2, -0.15) is 0 Å². The number of rotatable bonds is 4. The van der Waals surface area contributed by atoms with Crippen LogP contribution in [0.3, 0.4) is 0 Å². The van der Waals surface area contributed by atoms with Crippen molar-refractivity contribution >= 4 is 11.9 Å². The third-order valence-corrected chi connectivity index (χ3v) is 3.58. The first-order valence-corrected chi connectivity index (χ1v) is 6.43. The molecule has 0 atom stereocenters. The fourth-order valence-corrected chi connectivity index (χ4v) is 2.42. The zero-order chi connectivity index (χ0) is 13.6. The van der Waals surface area contributed by atoms with Crippen LogP contribution in [0.5, 0.6) is 0 Å². The van der Waals surface area contributed by atoms with Crippen molar-refractivity contribution in [3.63, 3.8) is 0 Å². The van der Waals surface area contributed by atoms with E-state index in [0.29, 0.717) is 23.7 Å². The van der Waals surface area contributed by atoms with Crippen LogP contribution >= 0.6 is 0 Å². The topological polar surface area (TPSA) is 46.4 Å². The molecule has 0 bridgehead atoms. The van der Waals surface area contributed by atoms with Gasteiger partial charge in [0.05, 0.1) is 11.2 Å². The lowest BCUT2D eigenvalue weighted by atomic mass is 10.1. The van der Waals surface area contributed by atoms with E-state index >= 15 is 0 Å². The molecule has 2 heterocycles. The van der Waals surface area contributed by atoms with Gasteiger partial charge < -0.3 is 5.32 Å². The van der Waals surface area contributed by atoms with Crippen LogP contribution in [0.1, 0.15) is 44.1 Å². The van der Waals surface area contributed by atoms with E-state index in [1.54, 1.807) is 16.7 Å². The van der Waals surface area contributed by atoms with Crippen molar-refractivity contribution in [2.24, 2.45) is 0 Å². The molecule has 1 saturated carbocycles. The molecule has 1 fully saturated rings. The number of hydrogen-bond acceptors (Lipinski definition) is 2. The predicted octanol–water partition coefficient (Wildman–Crippen LogP) is 2.33. The van der Waals surface area contributed by atoms with Crippen LogP contribution in [0.15, 0.2) is 18.3 Å². The highest BCUT2D eigenvalue weighted by atomic mass is 19.1.